The van der Waals surface area contributed by atoms with Gasteiger partial charge in [-0.2, -0.15) is 4.57 Å². The van der Waals surface area contributed by atoms with E-state index in [1.807, 2.05) is 6.07 Å². The zero-order valence-electron chi connectivity index (χ0n) is 10.9. The number of carbonyl (C=O) groups excluding carboxylic acids is 1. The van der Waals surface area contributed by atoms with Gasteiger partial charge in [0.15, 0.2) is 0 Å². The maximum Gasteiger partial charge on any atom is 0.649 e. The van der Waals surface area contributed by atoms with Gasteiger partial charge < -0.3 is 13.6 Å². The van der Waals surface area contributed by atoms with Crippen LogP contribution in [0.1, 0.15) is 15.9 Å². The van der Waals surface area contributed by atoms with Crippen LogP contribution < -0.4 is 9.05 Å². The molecule has 0 aliphatic carbocycles. The molecular weight excluding hydrogens is 315 g/mol. The van der Waals surface area contributed by atoms with E-state index in [1.54, 1.807) is 25.1 Å². The van der Waals surface area contributed by atoms with Gasteiger partial charge in [0.05, 0.1) is 0 Å². The highest BCUT2D eigenvalue weighted by atomic mass is 35.5. The van der Waals surface area contributed by atoms with Crippen molar-refractivity contribution >= 4 is 25.4 Å². The van der Waals surface area contributed by atoms with Gasteiger partial charge in [-0.05, 0) is 36.8 Å². The van der Waals surface area contributed by atoms with Crippen LogP contribution in [0, 0.1) is 6.92 Å². The number of hydrogen-bond donors (Lipinski definition) is 0. The number of phosphoric acid groups is 1. The molecule has 0 radical (unpaired) electrons. The number of aryl methyl sites for hydroxylation is 1. The van der Waals surface area contributed by atoms with E-state index in [1.165, 1.54) is 18.2 Å². The van der Waals surface area contributed by atoms with Crippen LogP contribution in [0.2, 0.25) is 5.02 Å². The number of rotatable bonds is 2. The first-order chi connectivity index (χ1) is 9.97. The van der Waals surface area contributed by atoms with Crippen molar-refractivity contribution in [1.29, 1.82) is 0 Å². The molecule has 0 saturated heterocycles. The Bertz CT molecular complexity index is 774. The van der Waals surface area contributed by atoms with Gasteiger partial charge in [0, 0.05) is 5.02 Å². The van der Waals surface area contributed by atoms with Crippen LogP contribution in [0.3, 0.4) is 0 Å². The summed E-state index contributed by atoms with van der Waals surface area (Å²) in [5.41, 5.74) is 0.858. The van der Waals surface area contributed by atoms with Crippen molar-refractivity contribution in [3.05, 3.63) is 58.6 Å². The van der Waals surface area contributed by atoms with Crippen molar-refractivity contribution in [1.82, 2.24) is 0 Å². The van der Waals surface area contributed by atoms with Crippen LogP contribution in [0.4, 0.5) is 0 Å². The zero-order valence-corrected chi connectivity index (χ0v) is 12.6. The van der Waals surface area contributed by atoms with E-state index in [9.17, 15) is 9.36 Å². The average molecular weight is 325 g/mol. The van der Waals surface area contributed by atoms with E-state index >= 15 is 0 Å². The summed E-state index contributed by atoms with van der Waals surface area (Å²) in [6.07, 6.45) is 0. The summed E-state index contributed by atoms with van der Waals surface area (Å²) in [5.74, 6) is -0.353. The van der Waals surface area contributed by atoms with Crippen LogP contribution >= 0.6 is 19.4 Å². The van der Waals surface area contributed by atoms with Gasteiger partial charge in [-0.15, -0.1) is 0 Å². The number of benzene rings is 2. The molecule has 0 N–H and O–H groups in total. The minimum absolute atomic E-state index is 0.113. The molecule has 7 heteroatoms. The lowest BCUT2D eigenvalue weighted by Crippen LogP contribution is -2.17. The largest absolute Gasteiger partial charge is 0.649 e. The van der Waals surface area contributed by atoms with Gasteiger partial charge in [-0.3, -0.25) is 0 Å². The fraction of sp³-hybridized carbons (Fsp3) is 0.0714. The lowest BCUT2D eigenvalue weighted by atomic mass is 10.2. The maximum atomic E-state index is 12.5. The van der Waals surface area contributed by atoms with Crippen LogP contribution in [0.25, 0.3) is 0 Å². The second-order valence-electron chi connectivity index (χ2n) is 4.41. The lowest BCUT2D eigenvalue weighted by Gasteiger charge is -2.24. The first-order valence-electron chi connectivity index (χ1n) is 6.05. The summed E-state index contributed by atoms with van der Waals surface area (Å²) in [6, 6.07) is 11.3. The predicted octanol–water partition coefficient (Wildman–Crippen LogP) is 4.38. The summed E-state index contributed by atoms with van der Waals surface area (Å²) < 4.78 is 27.8. The standard InChI is InChI=1S/C14H10ClO5P/c1-9-4-2-3-5-12(9)18-21(17)19-13-7-6-10(15)8-11(13)14(16)20-21/h2-8H,1H3. The third kappa shape index (κ3) is 2.75. The van der Waals surface area contributed by atoms with Crippen LogP contribution in [-0.4, -0.2) is 5.97 Å². The molecule has 1 atom stereocenters. The lowest BCUT2D eigenvalue weighted by molar-refractivity contribution is 0.0658. The number of carbonyl (C=O) groups is 1. The summed E-state index contributed by atoms with van der Waals surface area (Å²) in [7, 11) is -4.06. The Hall–Kier alpha value is -1.97. The maximum absolute atomic E-state index is 12.5. The average Bonchev–Trinajstić information content (AvgIpc) is 2.42. The molecule has 2 aromatic carbocycles. The summed E-state index contributed by atoms with van der Waals surface area (Å²) in [5, 5.41) is 0.353. The molecule has 5 nitrogen and oxygen atoms in total. The number of phosphoric ester groups is 1. The quantitative estimate of drug-likeness (QED) is 0.767. The Morgan fingerprint density at radius 2 is 1.90 bits per heavy atom. The molecule has 2 aromatic rings. The Labute approximate surface area is 126 Å². The first-order valence-corrected chi connectivity index (χ1v) is 7.89. The van der Waals surface area contributed by atoms with Crippen molar-refractivity contribution in [2.45, 2.75) is 6.92 Å². The Morgan fingerprint density at radius 1 is 1.14 bits per heavy atom. The van der Waals surface area contributed by atoms with Gasteiger partial charge in [-0.1, -0.05) is 29.8 Å². The smallest absolute Gasteiger partial charge is 0.386 e. The number of hydrogen-bond acceptors (Lipinski definition) is 5. The third-order valence-electron chi connectivity index (χ3n) is 2.87. The van der Waals surface area contributed by atoms with Crippen LogP contribution in [0.5, 0.6) is 11.5 Å². The molecular formula is C14H10ClO5P. The van der Waals surface area contributed by atoms with Crippen molar-refractivity contribution in [3.8, 4) is 11.5 Å². The number of para-hydroxylation sites is 1. The highest BCUT2D eigenvalue weighted by Crippen LogP contribution is 2.54. The molecule has 1 heterocycles. The molecule has 0 aromatic heterocycles. The van der Waals surface area contributed by atoms with Gasteiger partial charge in [0.1, 0.15) is 17.1 Å². The predicted molar refractivity (Wildman–Crippen MR) is 76.9 cm³/mol. The molecule has 0 fully saturated rings. The van der Waals surface area contributed by atoms with Gasteiger partial charge in [0.2, 0.25) is 0 Å². The van der Waals surface area contributed by atoms with Crippen molar-refractivity contribution in [3.63, 3.8) is 0 Å². The second kappa shape index (κ2) is 5.10. The first kappa shape index (κ1) is 14.0. The monoisotopic (exact) mass is 324 g/mol. The summed E-state index contributed by atoms with van der Waals surface area (Å²) in [4.78, 5) is 11.9. The van der Waals surface area contributed by atoms with E-state index < -0.39 is 13.8 Å². The van der Waals surface area contributed by atoms with Crippen LogP contribution in [-0.2, 0) is 9.09 Å². The summed E-state index contributed by atoms with van der Waals surface area (Å²) >= 11 is 5.80. The molecule has 1 unspecified atom stereocenters. The Morgan fingerprint density at radius 3 is 2.67 bits per heavy atom. The number of fused-ring (bicyclic) bond motifs is 1. The highest BCUT2D eigenvalue weighted by molar-refractivity contribution is 7.50. The molecule has 1 aliphatic heterocycles. The molecule has 21 heavy (non-hydrogen) atoms. The SMILES string of the molecule is Cc1ccccc1OP1(=O)OC(=O)c2cc(Cl)ccc2O1. The fourth-order valence-electron chi connectivity index (χ4n) is 1.85. The van der Waals surface area contributed by atoms with E-state index in [0.29, 0.717) is 10.8 Å². The topological polar surface area (TPSA) is 61.8 Å². The zero-order chi connectivity index (χ0) is 15.0. The Kier molecular flexibility index (Phi) is 3.40. The van der Waals surface area contributed by atoms with Crippen molar-refractivity contribution < 1.29 is 22.9 Å². The fourth-order valence-corrected chi connectivity index (χ4v) is 3.28. The normalized spacial score (nSPS) is 20.2. The molecule has 3 rings (SSSR count). The van der Waals surface area contributed by atoms with E-state index in [0.717, 1.165) is 5.56 Å². The minimum atomic E-state index is -4.06. The van der Waals surface area contributed by atoms with E-state index in [2.05, 4.69) is 0 Å². The van der Waals surface area contributed by atoms with Gasteiger partial charge >= 0.3 is 13.8 Å². The molecule has 0 spiro atoms. The van der Waals surface area contributed by atoms with Crippen molar-refractivity contribution in [2.75, 3.05) is 0 Å². The molecule has 0 saturated carbocycles. The third-order valence-corrected chi connectivity index (χ3v) is 4.34. The second-order valence-corrected chi connectivity index (χ2v) is 6.29. The molecule has 0 bridgehead atoms. The van der Waals surface area contributed by atoms with E-state index in [-0.39, 0.29) is 11.3 Å². The molecule has 1 aliphatic rings. The Balaban J connectivity index is 1.94. The molecule has 0 amide bonds. The van der Waals surface area contributed by atoms with Gasteiger partial charge in [0.25, 0.3) is 0 Å². The molecule has 108 valence electrons. The number of halogens is 1. The highest BCUT2D eigenvalue weighted by Gasteiger charge is 2.42. The van der Waals surface area contributed by atoms with Crippen LogP contribution in [0.15, 0.2) is 42.5 Å². The van der Waals surface area contributed by atoms with Crippen molar-refractivity contribution in [2.24, 2.45) is 0 Å². The van der Waals surface area contributed by atoms with E-state index in [4.69, 9.17) is 25.2 Å². The summed E-state index contributed by atoms with van der Waals surface area (Å²) in [6.45, 7) is 1.78. The van der Waals surface area contributed by atoms with Gasteiger partial charge in [-0.25, -0.2) is 4.79 Å². The minimum Gasteiger partial charge on any atom is -0.386 e.